The summed E-state index contributed by atoms with van der Waals surface area (Å²) in [5.74, 6) is 0.573. The Morgan fingerprint density at radius 2 is 2.31 bits per heavy atom. The molecule has 1 unspecified atom stereocenters. The van der Waals surface area contributed by atoms with Gasteiger partial charge in [-0.05, 0) is 25.1 Å². The lowest BCUT2D eigenvalue weighted by Crippen LogP contribution is -2.42. The Balaban J connectivity index is 2.38. The van der Waals surface area contributed by atoms with E-state index in [0.29, 0.717) is 18.0 Å². The molecular weight excluding hydrogens is 222 g/mol. The molecule has 4 nitrogen and oxygen atoms in total. The molecule has 5 heteroatoms. The minimum atomic E-state index is -0.0404. The molecule has 1 aromatic rings. The maximum atomic E-state index is 11.8. The van der Waals surface area contributed by atoms with Gasteiger partial charge in [0.05, 0.1) is 11.4 Å². The van der Waals surface area contributed by atoms with Gasteiger partial charge in [-0.3, -0.25) is 4.79 Å². The summed E-state index contributed by atoms with van der Waals surface area (Å²) in [6, 6.07) is 5.60. The molecule has 0 radical (unpaired) electrons. The van der Waals surface area contributed by atoms with Crippen molar-refractivity contribution in [1.82, 2.24) is 0 Å². The fraction of sp³-hybridized carbons (Fsp3) is 0.364. The average Bonchev–Trinajstić information content (AvgIpc) is 2.22. The van der Waals surface area contributed by atoms with E-state index in [1.54, 1.807) is 16.7 Å². The molecule has 0 bridgehead atoms. The molecular formula is C11H15N3OS. The van der Waals surface area contributed by atoms with Gasteiger partial charge in [0.25, 0.3) is 0 Å². The molecule has 1 atom stereocenters. The standard InChI is InChI=1S/C11H15N3OS/c1-7(12)5-14-9-4-8(13)2-3-10(9)16-6-11(14)15/h2-4,7H,5-6,12-13H2,1H3. The van der Waals surface area contributed by atoms with E-state index in [1.165, 1.54) is 0 Å². The Morgan fingerprint density at radius 3 is 3.00 bits per heavy atom. The van der Waals surface area contributed by atoms with E-state index < -0.39 is 0 Å². The molecule has 0 aliphatic carbocycles. The van der Waals surface area contributed by atoms with Crippen molar-refractivity contribution in [3.05, 3.63) is 18.2 Å². The monoisotopic (exact) mass is 237 g/mol. The highest BCUT2D eigenvalue weighted by atomic mass is 32.2. The highest BCUT2D eigenvalue weighted by molar-refractivity contribution is 8.00. The number of anilines is 2. The minimum absolute atomic E-state index is 0.0404. The van der Waals surface area contributed by atoms with Crippen LogP contribution in [0.3, 0.4) is 0 Å². The Bertz CT molecular complexity index is 420. The number of thioether (sulfide) groups is 1. The number of nitrogen functional groups attached to an aromatic ring is 1. The van der Waals surface area contributed by atoms with Gasteiger partial charge in [-0.25, -0.2) is 0 Å². The first-order valence-electron chi connectivity index (χ1n) is 5.16. The van der Waals surface area contributed by atoms with Gasteiger partial charge in [-0.1, -0.05) is 0 Å². The predicted molar refractivity (Wildman–Crippen MR) is 67.6 cm³/mol. The molecule has 0 saturated carbocycles. The maximum absolute atomic E-state index is 11.8. The van der Waals surface area contributed by atoms with Crippen LogP contribution in [0.1, 0.15) is 6.92 Å². The van der Waals surface area contributed by atoms with E-state index >= 15 is 0 Å². The third-order valence-corrected chi connectivity index (χ3v) is 3.44. The molecule has 1 aliphatic heterocycles. The molecule has 1 aromatic carbocycles. The first-order chi connectivity index (χ1) is 7.58. The molecule has 0 saturated heterocycles. The summed E-state index contributed by atoms with van der Waals surface area (Å²) in [4.78, 5) is 14.6. The first-order valence-corrected chi connectivity index (χ1v) is 6.15. The Kier molecular flexibility index (Phi) is 3.07. The molecule has 0 aromatic heterocycles. The molecule has 4 N–H and O–H groups in total. The number of carbonyl (C=O) groups is 1. The zero-order valence-electron chi connectivity index (χ0n) is 9.14. The lowest BCUT2D eigenvalue weighted by Gasteiger charge is -2.30. The number of hydrogen-bond acceptors (Lipinski definition) is 4. The summed E-state index contributed by atoms with van der Waals surface area (Å²) in [5, 5.41) is 0. The van der Waals surface area contributed by atoms with Crippen LogP contribution in [-0.4, -0.2) is 24.2 Å². The molecule has 86 valence electrons. The minimum Gasteiger partial charge on any atom is -0.399 e. The Labute approximate surface area is 99.0 Å². The Morgan fingerprint density at radius 1 is 1.56 bits per heavy atom. The van der Waals surface area contributed by atoms with Crippen LogP contribution in [0.15, 0.2) is 23.1 Å². The predicted octanol–water partition coefficient (Wildman–Crippen LogP) is 1.05. The van der Waals surface area contributed by atoms with Crippen molar-refractivity contribution in [1.29, 1.82) is 0 Å². The van der Waals surface area contributed by atoms with Gasteiger partial charge in [0, 0.05) is 23.2 Å². The van der Waals surface area contributed by atoms with Gasteiger partial charge in [-0.15, -0.1) is 11.8 Å². The molecule has 1 heterocycles. The van der Waals surface area contributed by atoms with Gasteiger partial charge >= 0.3 is 0 Å². The summed E-state index contributed by atoms with van der Waals surface area (Å²) in [5.41, 5.74) is 13.0. The highest BCUT2D eigenvalue weighted by Crippen LogP contribution is 2.36. The Hall–Kier alpha value is -1.20. The number of rotatable bonds is 2. The van der Waals surface area contributed by atoms with Gasteiger partial charge in [0.1, 0.15) is 0 Å². The van der Waals surface area contributed by atoms with Crippen LogP contribution >= 0.6 is 11.8 Å². The van der Waals surface area contributed by atoms with Crippen LogP contribution in [-0.2, 0) is 4.79 Å². The van der Waals surface area contributed by atoms with Gasteiger partial charge in [0.2, 0.25) is 5.91 Å². The maximum Gasteiger partial charge on any atom is 0.237 e. The van der Waals surface area contributed by atoms with Gasteiger partial charge in [0.15, 0.2) is 0 Å². The zero-order chi connectivity index (χ0) is 11.7. The molecule has 0 fully saturated rings. The second kappa shape index (κ2) is 4.35. The van der Waals surface area contributed by atoms with Crippen LogP contribution in [0, 0.1) is 0 Å². The smallest absolute Gasteiger partial charge is 0.237 e. The third kappa shape index (κ3) is 2.15. The fourth-order valence-corrected chi connectivity index (χ4v) is 2.62. The van der Waals surface area contributed by atoms with E-state index in [1.807, 2.05) is 25.1 Å². The highest BCUT2D eigenvalue weighted by Gasteiger charge is 2.25. The van der Waals surface area contributed by atoms with E-state index in [0.717, 1.165) is 10.6 Å². The quantitative estimate of drug-likeness (QED) is 0.754. The second-order valence-corrected chi connectivity index (χ2v) is 5.01. The molecule has 1 amide bonds. The number of nitrogens with zero attached hydrogens (tertiary/aromatic N) is 1. The lowest BCUT2D eigenvalue weighted by molar-refractivity contribution is -0.116. The molecule has 0 spiro atoms. The van der Waals surface area contributed by atoms with Crippen molar-refractivity contribution in [3.8, 4) is 0 Å². The second-order valence-electron chi connectivity index (χ2n) is 4.00. The average molecular weight is 237 g/mol. The van der Waals surface area contributed by atoms with Crippen LogP contribution in [0.4, 0.5) is 11.4 Å². The number of fused-ring (bicyclic) bond motifs is 1. The van der Waals surface area contributed by atoms with Crippen molar-refractivity contribution in [2.24, 2.45) is 5.73 Å². The lowest BCUT2D eigenvalue weighted by atomic mass is 10.2. The van der Waals surface area contributed by atoms with Gasteiger partial charge < -0.3 is 16.4 Å². The molecule has 16 heavy (non-hydrogen) atoms. The van der Waals surface area contributed by atoms with Crippen LogP contribution in [0.5, 0.6) is 0 Å². The normalized spacial score (nSPS) is 17.1. The number of nitrogens with two attached hydrogens (primary N) is 2. The number of amides is 1. The SMILES string of the molecule is CC(N)CN1C(=O)CSc2ccc(N)cc21. The summed E-state index contributed by atoms with van der Waals surface area (Å²) in [7, 11) is 0. The van der Waals surface area contributed by atoms with Crippen molar-refractivity contribution in [3.63, 3.8) is 0 Å². The largest absolute Gasteiger partial charge is 0.399 e. The van der Waals surface area contributed by atoms with Crippen molar-refractivity contribution >= 4 is 29.0 Å². The summed E-state index contributed by atoms with van der Waals surface area (Å²) in [6.45, 7) is 2.43. The fourth-order valence-electron chi connectivity index (χ4n) is 1.71. The van der Waals surface area contributed by atoms with Crippen LogP contribution in [0.25, 0.3) is 0 Å². The number of hydrogen-bond donors (Lipinski definition) is 2. The van der Waals surface area contributed by atoms with E-state index in [9.17, 15) is 4.79 Å². The molecule has 1 aliphatic rings. The summed E-state index contributed by atoms with van der Waals surface area (Å²) in [6.07, 6.45) is 0. The van der Waals surface area contributed by atoms with Crippen LogP contribution in [0.2, 0.25) is 0 Å². The summed E-state index contributed by atoms with van der Waals surface area (Å²) < 4.78 is 0. The first kappa shape index (κ1) is 11.3. The summed E-state index contributed by atoms with van der Waals surface area (Å²) >= 11 is 1.55. The van der Waals surface area contributed by atoms with E-state index in [2.05, 4.69) is 0 Å². The topological polar surface area (TPSA) is 72.3 Å². The van der Waals surface area contributed by atoms with Crippen molar-refractivity contribution in [2.75, 3.05) is 22.9 Å². The zero-order valence-corrected chi connectivity index (χ0v) is 9.96. The van der Waals surface area contributed by atoms with Gasteiger partial charge in [-0.2, -0.15) is 0 Å². The molecule has 2 rings (SSSR count). The number of benzene rings is 1. The third-order valence-electron chi connectivity index (χ3n) is 2.40. The van der Waals surface area contributed by atoms with E-state index in [4.69, 9.17) is 11.5 Å². The number of carbonyl (C=O) groups excluding carboxylic acids is 1. The van der Waals surface area contributed by atoms with E-state index in [-0.39, 0.29) is 11.9 Å². The van der Waals surface area contributed by atoms with Crippen molar-refractivity contribution in [2.45, 2.75) is 17.9 Å². The van der Waals surface area contributed by atoms with Crippen LogP contribution < -0.4 is 16.4 Å². The van der Waals surface area contributed by atoms with Crippen molar-refractivity contribution < 1.29 is 4.79 Å².